The van der Waals surface area contributed by atoms with E-state index < -0.39 is 134 Å². The molecule has 9 atom stereocenters. The van der Waals surface area contributed by atoms with E-state index in [1.54, 1.807) is 59.7 Å². The van der Waals surface area contributed by atoms with Crippen molar-refractivity contribution in [2.45, 2.75) is 215 Å². The number of piperidine rings is 3. The third kappa shape index (κ3) is 23.9. The molecule has 0 spiro atoms. The van der Waals surface area contributed by atoms with E-state index in [1.165, 1.54) is 20.8 Å². The zero-order chi connectivity index (χ0) is 83.9. The number of rotatable bonds is 19. The summed E-state index contributed by atoms with van der Waals surface area (Å²) in [5, 5.41) is 15.7. The second kappa shape index (κ2) is 35.0. The average molecular weight is 1620 g/mol. The molecule has 0 aliphatic carbocycles. The average Bonchev–Trinajstić information content (AvgIpc) is 1.76. The lowest BCUT2D eigenvalue weighted by Gasteiger charge is -2.44. The van der Waals surface area contributed by atoms with Crippen LogP contribution in [0.15, 0.2) is 151 Å². The minimum atomic E-state index is -4.97. The zero-order valence-corrected chi connectivity index (χ0v) is 63.5. The van der Waals surface area contributed by atoms with Crippen LogP contribution in [-0.2, 0) is 82.2 Å². The quantitative estimate of drug-likeness (QED) is 0.0423. The van der Waals surface area contributed by atoms with Crippen LogP contribution < -0.4 is 32.3 Å². The lowest BCUT2D eigenvalue weighted by molar-refractivity contribution is -0.145. The molecule has 0 saturated carbocycles. The number of amides is 3. The number of hydrogen-bond acceptors (Lipinski definition) is 12. The van der Waals surface area contributed by atoms with Crippen LogP contribution in [0, 0.1) is 0 Å². The molecular weight excluding hydrogens is 1530 g/mol. The molecule has 0 radical (unpaired) electrons. The summed E-state index contributed by atoms with van der Waals surface area (Å²) in [6, 6.07) is 31.7. The second-order valence-corrected chi connectivity index (χ2v) is 30.8. The summed E-state index contributed by atoms with van der Waals surface area (Å²) in [5.74, 6) is -0.538. The number of alkyl halides is 18. The molecule has 4 heterocycles. The fourth-order valence-corrected chi connectivity index (χ4v) is 13.4. The highest BCUT2D eigenvalue weighted by atomic mass is 19.4. The highest BCUT2D eigenvalue weighted by molar-refractivity contribution is 5.99. The summed E-state index contributed by atoms with van der Waals surface area (Å²) < 4.78 is 263. The summed E-state index contributed by atoms with van der Waals surface area (Å²) in [6.07, 6.45) is -28.6. The van der Waals surface area contributed by atoms with Gasteiger partial charge in [0, 0.05) is 31.7 Å². The third-order valence-electron chi connectivity index (χ3n) is 20.2. The van der Waals surface area contributed by atoms with E-state index in [0.29, 0.717) is 88.0 Å². The molecule has 3 amide bonds. The van der Waals surface area contributed by atoms with Crippen molar-refractivity contribution in [1.29, 1.82) is 0 Å². The molecule has 0 aromatic heterocycles. The topological polar surface area (TPSA) is 190 Å². The van der Waals surface area contributed by atoms with Gasteiger partial charge in [0.25, 0.3) is 5.91 Å². The number of benzene rings is 6. The molecule has 7 N–H and O–H groups in total. The molecule has 113 heavy (non-hydrogen) atoms. The first-order chi connectivity index (χ1) is 52.1. The Balaban J connectivity index is 0.000000215. The van der Waals surface area contributed by atoms with Crippen molar-refractivity contribution in [2.75, 3.05) is 39.5 Å². The van der Waals surface area contributed by atoms with Crippen LogP contribution >= 0.6 is 0 Å². The monoisotopic (exact) mass is 1620 g/mol. The van der Waals surface area contributed by atoms with Gasteiger partial charge in [0.05, 0.1) is 101 Å². The van der Waals surface area contributed by atoms with Gasteiger partial charge in [0.2, 0.25) is 5.91 Å². The van der Waals surface area contributed by atoms with Crippen molar-refractivity contribution in [3.05, 3.63) is 212 Å². The largest absolute Gasteiger partial charge is 0.444 e. The molecule has 620 valence electrons. The molecule has 0 bridgehead atoms. The number of nitrogens with one attached hydrogen (secondary N) is 5. The zero-order valence-electron chi connectivity index (χ0n) is 63.5. The molecule has 6 aromatic carbocycles. The first-order valence-corrected chi connectivity index (χ1v) is 36.2. The molecular formula is C80H92F18N8O7. The van der Waals surface area contributed by atoms with Crippen molar-refractivity contribution in [3.63, 3.8) is 0 Å². The van der Waals surface area contributed by atoms with Crippen molar-refractivity contribution >= 4 is 24.2 Å². The SMILES string of the molecule is C[C@@H](OC[C@@]1(c2ccccc2)CC[C@H](N)CN1)c1cc(C(F)(F)F)cc(C(F)(F)F)c1.C[C@@H](OC[C@@]1(c2ccccc2)CC[C@H](N2C=NC(C)(C)C2=O)CN1)c1cc(C(F)(F)F)cc(C(F)(F)F)c1.C[C@@H](OC[C@@]1(c2ccccc2)CC[C@H](NC(=O)C(C)(C)NC(=O)OC(C)(C)C)CN1)c1cc(C(F)(F)F)cc(C(F)(F)F)c1. The van der Waals surface area contributed by atoms with E-state index in [1.807, 2.05) is 91.0 Å². The maximum absolute atomic E-state index is 13.4. The minimum absolute atomic E-state index is 0.00394. The summed E-state index contributed by atoms with van der Waals surface area (Å²) in [4.78, 5) is 43.9. The second-order valence-electron chi connectivity index (χ2n) is 30.8. The first-order valence-electron chi connectivity index (χ1n) is 36.2. The number of nitrogens with zero attached hydrogens (tertiary/aromatic N) is 2. The van der Waals surface area contributed by atoms with E-state index in [-0.39, 0.29) is 85.3 Å². The number of nitrogens with two attached hydrogens (primary N) is 1. The molecule has 33 heteroatoms. The van der Waals surface area contributed by atoms with Gasteiger partial charge in [-0.15, -0.1) is 0 Å². The minimum Gasteiger partial charge on any atom is -0.444 e. The van der Waals surface area contributed by atoms with Gasteiger partial charge in [0.15, 0.2) is 0 Å². The van der Waals surface area contributed by atoms with E-state index in [9.17, 15) is 93.4 Å². The van der Waals surface area contributed by atoms with Crippen LogP contribution in [0.5, 0.6) is 0 Å². The van der Waals surface area contributed by atoms with Crippen molar-refractivity contribution in [2.24, 2.45) is 10.7 Å². The van der Waals surface area contributed by atoms with E-state index in [0.717, 1.165) is 16.7 Å². The summed E-state index contributed by atoms with van der Waals surface area (Å²) >= 11 is 0. The number of ether oxygens (including phenoxy) is 4. The van der Waals surface area contributed by atoms with Gasteiger partial charge >= 0.3 is 43.2 Å². The van der Waals surface area contributed by atoms with Gasteiger partial charge in [-0.1, -0.05) is 91.0 Å². The van der Waals surface area contributed by atoms with Gasteiger partial charge in [-0.3, -0.25) is 19.5 Å². The number of hydrogen-bond donors (Lipinski definition) is 6. The van der Waals surface area contributed by atoms with E-state index in [2.05, 4.69) is 31.6 Å². The first kappa shape index (κ1) is 90.2. The molecule has 0 unspecified atom stereocenters. The lowest BCUT2D eigenvalue weighted by Crippen LogP contribution is -2.61. The molecule has 4 aliphatic heterocycles. The summed E-state index contributed by atoms with van der Waals surface area (Å²) in [5.41, 5.74) is -5.43. The lowest BCUT2D eigenvalue weighted by atomic mass is 9.81. The fraction of sp³-hybridized carbons (Fsp3) is 0.500. The van der Waals surface area contributed by atoms with Crippen LogP contribution in [0.2, 0.25) is 0 Å². The Labute approximate surface area is 642 Å². The van der Waals surface area contributed by atoms with Crippen LogP contribution in [-0.4, -0.2) is 103 Å². The van der Waals surface area contributed by atoms with Gasteiger partial charge in [-0.2, -0.15) is 79.0 Å². The van der Waals surface area contributed by atoms with E-state index in [4.69, 9.17) is 24.7 Å². The Morgan fingerprint density at radius 1 is 0.487 bits per heavy atom. The van der Waals surface area contributed by atoms with Crippen LogP contribution in [0.4, 0.5) is 83.8 Å². The molecule has 3 fully saturated rings. The van der Waals surface area contributed by atoms with Gasteiger partial charge in [-0.05, 0) is 196 Å². The highest BCUT2D eigenvalue weighted by Gasteiger charge is 2.47. The molecule has 6 aromatic rings. The van der Waals surface area contributed by atoms with Crippen molar-refractivity contribution in [1.82, 2.24) is 31.5 Å². The van der Waals surface area contributed by atoms with Gasteiger partial charge in [-0.25, -0.2) is 4.79 Å². The van der Waals surface area contributed by atoms with Crippen molar-refractivity contribution in [3.8, 4) is 0 Å². The Kier molecular flexibility index (Phi) is 27.9. The maximum atomic E-state index is 13.4. The highest BCUT2D eigenvalue weighted by Crippen LogP contribution is 2.44. The molecule has 3 saturated heterocycles. The summed E-state index contributed by atoms with van der Waals surface area (Å²) in [6.45, 7) is 17.2. The summed E-state index contributed by atoms with van der Waals surface area (Å²) in [7, 11) is 0. The van der Waals surface area contributed by atoms with Gasteiger partial charge in [0.1, 0.15) is 16.7 Å². The Morgan fingerprint density at radius 3 is 1.07 bits per heavy atom. The fourth-order valence-electron chi connectivity index (χ4n) is 13.4. The number of halogens is 18. The number of aliphatic imine (C=N–C) groups is 1. The van der Waals surface area contributed by atoms with Crippen LogP contribution in [0.3, 0.4) is 0 Å². The maximum Gasteiger partial charge on any atom is 0.416 e. The van der Waals surface area contributed by atoms with Crippen LogP contribution in [0.25, 0.3) is 0 Å². The molecule has 10 rings (SSSR count). The van der Waals surface area contributed by atoms with E-state index >= 15 is 0 Å². The molecule has 4 aliphatic rings. The Bertz CT molecular complexity index is 4100. The predicted octanol–water partition coefficient (Wildman–Crippen LogP) is 18.4. The number of alkyl carbamates (subject to hydrolysis) is 1. The smallest absolute Gasteiger partial charge is 0.416 e. The standard InChI is InChI=1S/C31H39F6N3O4.C27H29F6N3O2.C22H24F6N2O/c1-19(20-14-22(30(32,33)34)16-23(15-20)31(35,36)37)43-18-29(21-10-8-7-9-11-21)13-12-24(17-38-29)39-25(41)28(5,6)40-26(42)44-27(2,3)4;1-17(18-11-20(26(28,29)30)13-21(12-18)27(31,32)33)38-15-25(19-7-5-4-6-8-19)10-9-22(14-34-25)36-16-35-24(2,3)23(36)37;1-14(15-9-17(21(23,24)25)11-18(10-15)22(26,27)28)31-13-20(8-7-19(29)12-30-20)16-5-3-2-4-6-16/h7-11,14-16,19,24,38H,12-13,17-18H2,1-6H3,(H,39,41)(H,40,42);4-8,11-13,16-17,22,34H,9-10,14-15H2,1-3H3;2-6,9-11,14,19,30H,7-8,12-13,29H2,1H3/t19-,24+,29-;17-,22+,25-;14-,19+,20-/m111/s1. The van der Waals surface area contributed by atoms with Gasteiger partial charge < -0.3 is 51.3 Å². The Morgan fingerprint density at radius 2 is 0.805 bits per heavy atom. The molecule has 15 nitrogen and oxygen atoms in total. The number of carbonyl (C=O) groups excluding carboxylic acids is 3. The third-order valence-corrected chi connectivity index (χ3v) is 20.2. The Hall–Kier alpha value is -8.34. The van der Waals surface area contributed by atoms with Crippen molar-refractivity contribution < 1.29 is 112 Å². The predicted molar refractivity (Wildman–Crippen MR) is 385 cm³/mol. The normalized spacial score (nSPS) is 22.7. The number of carbonyl (C=O) groups is 3. The van der Waals surface area contributed by atoms with Crippen LogP contribution in [0.1, 0.15) is 193 Å².